The van der Waals surface area contributed by atoms with E-state index in [2.05, 4.69) is 0 Å². The quantitative estimate of drug-likeness (QED) is 0.572. The van der Waals surface area contributed by atoms with Crippen molar-refractivity contribution in [2.75, 3.05) is 0 Å². The zero-order valence-electron chi connectivity index (χ0n) is 9.54. The second-order valence-electron chi connectivity index (χ2n) is 4.99. The Bertz CT molecular complexity index is 213. The Labute approximate surface area is 92.4 Å². The van der Waals surface area contributed by atoms with Gasteiger partial charge in [0, 0.05) is 0 Å². The maximum Gasteiger partial charge on any atom is 0.313 e. The van der Waals surface area contributed by atoms with Crippen molar-refractivity contribution >= 4 is 5.97 Å². The van der Waals surface area contributed by atoms with Crippen LogP contribution in [0.25, 0.3) is 0 Å². The maximum absolute atomic E-state index is 11.3. The van der Waals surface area contributed by atoms with Crippen LogP contribution < -0.4 is 0 Å². The Hall–Kier alpha value is -0.530. The number of carbonyl (C=O) groups excluding carboxylic acids is 1. The smallest absolute Gasteiger partial charge is 0.313 e. The van der Waals surface area contributed by atoms with Gasteiger partial charge in [-0.15, -0.1) is 0 Å². The third kappa shape index (κ3) is 2.96. The zero-order chi connectivity index (χ0) is 10.5. The Kier molecular flexibility index (Phi) is 4.04. The van der Waals surface area contributed by atoms with Gasteiger partial charge >= 0.3 is 5.97 Å². The van der Waals surface area contributed by atoms with Crippen molar-refractivity contribution in [1.29, 1.82) is 0 Å². The predicted molar refractivity (Wildman–Crippen MR) is 59.5 cm³/mol. The summed E-state index contributed by atoms with van der Waals surface area (Å²) in [6, 6.07) is 0. The molecule has 0 radical (unpaired) electrons. The standard InChI is InChI=1S/C13H22O2/c14-13-11-9-7-5-3-1-2-4-6-8-10-12(11)15-13/h11-12H,1-10H2/t11-,12-/m0/s1. The van der Waals surface area contributed by atoms with Gasteiger partial charge in [0.05, 0.1) is 5.92 Å². The average molecular weight is 210 g/mol. The topological polar surface area (TPSA) is 26.3 Å². The molecule has 2 nitrogen and oxygen atoms in total. The monoisotopic (exact) mass is 210 g/mol. The first-order valence-electron chi connectivity index (χ1n) is 6.58. The largest absolute Gasteiger partial charge is 0.461 e. The molecule has 2 heteroatoms. The molecule has 0 amide bonds. The van der Waals surface area contributed by atoms with Crippen molar-refractivity contribution in [3.8, 4) is 0 Å². The lowest BCUT2D eigenvalue weighted by molar-refractivity contribution is -0.186. The van der Waals surface area contributed by atoms with Crippen molar-refractivity contribution in [2.45, 2.75) is 70.3 Å². The van der Waals surface area contributed by atoms with Crippen LogP contribution in [-0.2, 0) is 9.53 Å². The molecular formula is C13H22O2. The number of hydrogen-bond acceptors (Lipinski definition) is 2. The van der Waals surface area contributed by atoms with E-state index < -0.39 is 0 Å². The molecule has 1 saturated heterocycles. The molecule has 2 atom stereocenters. The molecular weight excluding hydrogens is 188 g/mol. The normalized spacial score (nSPS) is 34.0. The van der Waals surface area contributed by atoms with Gasteiger partial charge in [0.25, 0.3) is 0 Å². The zero-order valence-corrected chi connectivity index (χ0v) is 9.54. The molecule has 2 fully saturated rings. The van der Waals surface area contributed by atoms with Gasteiger partial charge in [-0.05, 0) is 19.3 Å². The molecule has 1 heterocycles. The first kappa shape index (κ1) is 11.0. The van der Waals surface area contributed by atoms with Crippen LogP contribution in [0.5, 0.6) is 0 Å². The molecule has 2 aliphatic rings. The molecule has 0 N–H and O–H groups in total. The first-order valence-corrected chi connectivity index (χ1v) is 6.58. The van der Waals surface area contributed by atoms with Gasteiger partial charge in [0.1, 0.15) is 6.10 Å². The van der Waals surface area contributed by atoms with Gasteiger partial charge < -0.3 is 4.74 Å². The number of rotatable bonds is 0. The van der Waals surface area contributed by atoms with E-state index >= 15 is 0 Å². The molecule has 0 unspecified atom stereocenters. The lowest BCUT2D eigenvalue weighted by atomic mass is 9.87. The highest BCUT2D eigenvalue weighted by Crippen LogP contribution is 2.32. The van der Waals surface area contributed by atoms with Crippen LogP contribution in [0.2, 0.25) is 0 Å². The van der Waals surface area contributed by atoms with Gasteiger partial charge in [-0.1, -0.05) is 44.9 Å². The number of fused-ring (bicyclic) bond motifs is 1. The van der Waals surface area contributed by atoms with E-state index in [0.717, 1.165) is 12.8 Å². The van der Waals surface area contributed by atoms with Crippen molar-refractivity contribution < 1.29 is 9.53 Å². The number of hydrogen-bond donors (Lipinski definition) is 0. The van der Waals surface area contributed by atoms with Crippen LogP contribution >= 0.6 is 0 Å². The molecule has 1 saturated carbocycles. The van der Waals surface area contributed by atoms with Crippen molar-refractivity contribution in [2.24, 2.45) is 5.92 Å². The van der Waals surface area contributed by atoms with Crippen molar-refractivity contribution in [3.05, 3.63) is 0 Å². The maximum atomic E-state index is 11.3. The van der Waals surface area contributed by atoms with Gasteiger partial charge in [-0.25, -0.2) is 0 Å². The minimum atomic E-state index is 0.0667. The SMILES string of the molecule is O=C1O[C@H]2CCCCCCCCCC[C@H]12. The van der Waals surface area contributed by atoms with E-state index in [4.69, 9.17) is 4.74 Å². The summed E-state index contributed by atoms with van der Waals surface area (Å²) in [6.45, 7) is 0. The van der Waals surface area contributed by atoms with Crippen LogP contribution in [0, 0.1) is 5.92 Å². The van der Waals surface area contributed by atoms with Crippen molar-refractivity contribution in [3.63, 3.8) is 0 Å². The van der Waals surface area contributed by atoms with E-state index in [1.54, 1.807) is 0 Å². The average Bonchev–Trinajstić information content (AvgIpc) is 2.22. The molecule has 0 bridgehead atoms. The molecule has 15 heavy (non-hydrogen) atoms. The van der Waals surface area contributed by atoms with E-state index in [1.165, 1.54) is 51.4 Å². The van der Waals surface area contributed by atoms with Gasteiger partial charge in [0.2, 0.25) is 0 Å². The predicted octanol–water partition coefficient (Wildman–Crippen LogP) is 3.44. The van der Waals surface area contributed by atoms with Gasteiger partial charge in [-0.3, -0.25) is 4.79 Å². The summed E-state index contributed by atoms with van der Waals surface area (Å²) >= 11 is 0. The lowest BCUT2D eigenvalue weighted by Crippen LogP contribution is -2.44. The number of ether oxygens (including phenoxy) is 1. The Morgan fingerprint density at radius 3 is 1.93 bits per heavy atom. The Morgan fingerprint density at radius 1 is 0.800 bits per heavy atom. The minimum absolute atomic E-state index is 0.0667. The molecule has 0 aromatic heterocycles. The van der Waals surface area contributed by atoms with Crippen LogP contribution in [0.15, 0.2) is 0 Å². The third-order valence-corrected chi connectivity index (χ3v) is 3.77. The van der Waals surface area contributed by atoms with E-state index in [-0.39, 0.29) is 18.0 Å². The van der Waals surface area contributed by atoms with Gasteiger partial charge in [0.15, 0.2) is 0 Å². The van der Waals surface area contributed by atoms with E-state index in [1.807, 2.05) is 0 Å². The lowest BCUT2D eigenvalue weighted by Gasteiger charge is -2.35. The fourth-order valence-corrected chi connectivity index (χ4v) is 2.73. The second kappa shape index (κ2) is 5.53. The Balaban J connectivity index is 1.78. The Morgan fingerprint density at radius 2 is 1.33 bits per heavy atom. The summed E-state index contributed by atoms with van der Waals surface area (Å²) in [7, 11) is 0. The molecule has 1 aliphatic carbocycles. The molecule has 2 rings (SSSR count). The van der Waals surface area contributed by atoms with Gasteiger partial charge in [-0.2, -0.15) is 0 Å². The van der Waals surface area contributed by atoms with Crippen molar-refractivity contribution in [1.82, 2.24) is 0 Å². The molecule has 86 valence electrons. The highest BCUT2D eigenvalue weighted by atomic mass is 16.6. The molecule has 0 aromatic rings. The summed E-state index contributed by atoms with van der Waals surface area (Å²) in [5, 5.41) is 0. The molecule has 0 spiro atoms. The van der Waals surface area contributed by atoms with Crippen LogP contribution in [0.1, 0.15) is 64.2 Å². The van der Waals surface area contributed by atoms with Crippen LogP contribution in [-0.4, -0.2) is 12.1 Å². The third-order valence-electron chi connectivity index (χ3n) is 3.77. The van der Waals surface area contributed by atoms with Crippen LogP contribution in [0.3, 0.4) is 0 Å². The fourth-order valence-electron chi connectivity index (χ4n) is 2.73. The highest BCUT2D eigenvalue weighted by Gasteiger charge is 2.40. The number of esters is 1. The van der Waals surface area contributed by atoms with E-state index in [9.17, 15) is 4.79 Å². The van der Waals surface area contributed by atoms with E-state index in [0.29, 0.717) is 0 Å². The second-order valence-corrected chi connectivity index (χ2v) is 4.99. The summed E-state index contributed by atoms with van der Waals surface area (Å²) in [4.78, 5) is 11.3. The summed E-state index contributed by atoms with van der Waals surface area (Å²) in [5.41, 5.74) is 0. The fraction of sp³-hybridized carbons (Fsp3) is 0.923. The first-order chi connectivity index (χ1) is 7.38. The minimum Gasteiger partial charge on any atom is -0.461 e. The summed E-state index contributed by atoms with van der Waals surface area (Å²) in [5.74, 6) is 0.321. The highest BCUT2D eigenvalue weighted by molar-refractivity contribution is 5.78. The molecule has 0 aromatic carbocycles. The molecule has 1 aliphatic heterocycles. The summed E-state index contributed by atoms with van der Waals surface area (Å²) in [6.07, 6.45) is 13.0. The number of carbonyl (C=O) groups is 1. The van der Waals surface area contributed by atoms with Crippen LogP contribution in [0.4, 0.5) is 0 Å². The summed E-state index contributed by atoms with van der Waals surface area (Å²) < 4.78 is 5.21.